The van der Waals surface area contributed by atoms with Gasteiger partial charge in [-0.05, 0) is 25.1 Å². The summed E-state index contributed by atoms with van der Waals surface area (Å²) in [4.78, 5) is 17.9. The van der Waals surface area contributed by atoms with Gasteiger partial charge >= 0.3 is 0 Å². The van der Waals surface area contributed by atoms with E-state index in [1.54, 1.807) is 6.92 Å². The zero-order chi connectivity index (χ0) is 12.4. The first kappa shape index (κ1) is 11.0. The molecule has 0 atom stereocenters. The number of nitrogens with zero attached hydrogens (tertiary/aromatic N) is 2. The van der Waals surface area contributed by atoms with Crippen LogP contribution in [0.15, 0.2) is 29.1 Å². The minimum atomic E-state index is -0.529. The predicted octanol–water partition coefficient (Wildman–Crippen LogP) is 1.76. The lowest BCUT2D eigenvalue weighted by atomic mass is 10.1. The molecule has 0 saturated carbocycles. The van der Waals surface area contributed by atoms with Gasteiger partial charge < -0.3 is 4.98 Å². The van der Waals surface area contributed by atoms with Crippen LogP contribution in [0.1, 0.15) is 11.4 Å². The van der Waals surface area contributed by atoms with E-state index in [9.17, 15) is 9.18 Å². The standard InChI is InChI=1S/C12H8FN3O/c1-7-15-11(5-12(17)16-7)9-2-8(6-14)3-10(13)4-9/h2-5H,1H3,(H,15,16,17). The van der Waals surface area contributed by atoms with Crippen LogP contribution in [0, 0.1) is 24.1 Å². The minimum Gasteiger partial charge on any atom is -0.311 e. The lowest BCUT2D eigenvalue weighted by Crippen LogP contribution is -2.08. The number of aromatic amines is 1. The molecule has 2 rings (SSSR count). The Morgan fingerprint density at radius 2 is 2.12 bits per heavy atom. The minimum absolute atomic E-state index is 0.194. The van der Waals surface area contributed by atoms with E-state index in [0.717, 1.165) is 6.07 Å². The highest BCUT2D eigenvalue weighted by Gasteiger charge is 2.05. The molecule has 84 valence electrons. The average Bonchev–Trinajstić information content (AvgIpc) is 2.26. The zero-order valence-corrected chi connectivity index (χ0v) is 8.99. The summed E-state index contributed by atoms with van der Waals surface area (Å²) in [5, 5.41) is 8.74. The first-order valence-corrected chi connectivity index (χ1v) is 4.87. The summed E-state index contributed by atoms with van der Waals surface area (Å²) in [5.41, 5.74) is 0.646. The van der Waals surface area contributed by atoms with E-state index in [1.807, 2.05) is 6.07 Å². The Hall–Kier alpha value is -2.48. The second kappa shape index (κ2) is 4.18. The highest BCUT2D eigenvalue weighted by Crippen LogP contribution is 2.18. The molecule has 1 heterocycles. The molecule has 0 spiro atoms. The molecule has 2 aromatic rings. The van der Waals surface area contributed by atoms with Crippen LogP contribution >= 0.6 is 0 Å². The average molecular weight is 229 g/mol. The monoisotopic (exact) mass is 229 g/mol. The lowest BCUT2D eigenvalue weighted by molar-refractivity contribution is 0.627. The summed E-state index contributed by atoms with van der Waals surface area (Å²) in [6.45, 7) is 1.63. The molecule has 1 N–H and O–H groups in total. The van der Waals surface area contributed by atoms with Gasteiger partial charge in [-0.3, -0.25) is 4.79 Å². The molecule has 0 amide bonds. The number of halogens is 1. The quantitative estimate of drug-likeness (QED) is 0.809. The number of aromatic nitrogens is 2. The summed E-state index contributed by atoms with van der Waals surface area (Å²) in [7, 11) is 0. The van der Waals surface area contributed by atoms with Gasteiger partial charge in [-0.1, -0.05) is 0 Å². The van der Waals surface area contributed by atoms with Gasteiger partial charge in [-0.25, -0.2) is 9.37 Å². The summed E-state index contributed by atoms with van der Waals surface area (Å²) in [6.07, 6.45) is 0. The maximum absolute atomic E-state index is 13.2. The molecule has 0 aliphatic carbocycles. The third-order valence-corrected chi connectivity index (χ3v) is 2.18. The van der Waals surface area contributed by atoms with E-state index in [4.69, 9.17) is 5.26 Å². The number of H-pyrrole nitrogens is 1. The van der Waals surface area contributed by atoms with Gasteiger partial charge in [0.25, 0.3) is 5.56 Å². The van der Waals surface area contributed by atoms with Gasteiger partial charge in [0.2, 0.25) is 0 Å². The van der Waals surface area contributed by atoms with Crippen LogP contribution in [0.3, 0.4) is 0 Å². The van der Waals surface area contributed by atoms with E-state index in [1.165, 1.54) is 18.2 Å². The molecule has 17 heavy (non-hydrogen) atoms. The van der Waals surface area contributed by atoms with E-state index < -0.39 is 5.82 Å². The molecule has 0 aliphatic heterocycles. The van der Waals surface area contributed by atoms with Crippen LogP contribution < -0.4 is 5.56 Å². The molecular weight excluding hydrogens is 221 g/mol. The zero-order valence-electron chi connectivity index (χ0n) is 8.99. The topological polar surface area (TPSA) is 69.5 Å². The molecule has 0 unspecified atom stereocenters. The van der Waals surface area contributed by atoms with E-state index in [-0.39, 0.29) is 11.1 Å². The number of nitriles is 1. The Morgan fingerprint density at radius 1 is 1.35 bits per heavy atom. The van der Waals surface area contributed by atoms with Gasteiger partial charge in [0.1, 0.15) is 11.6 Å². The predicted molar refractivity (Wildman–Crippen MR) is 59.7 cm³/mol. The van der Waals surface area contributed by atoms with Crippen molar-refractivity contribution in [3.63, 3.8) is 0 Å². The van der Waals surface area contributed by atoms with Crippen LogP contribution in [0.25, 0.3) is 11.3 Å². The van der Waals surface area contributed by atoms with E-state index >= 15 is 0 Å². The fourth-order valence-corrected chi connectivity index (χ4v) is 1.53. The van der Waals surface area contributed by atoms with Crippen molar-refractivity contribution in [3.05, 3.63) is 51.8 Å². The third-order valence-electron chi connectivity index (χ3n) is 2.18. The Bertz CT molecular complexity index is 670. The lowest BCUT2D eigenvalue weighted by Gasteiger charge is -2.02. The second-order valence-electron chi connectivity index (χ2n) is 3.56. The number of aryl methyl sites for hydroxylation is 1. The van der Waals surface area contributed by atoms with Crippen molar-refractivity contribution in [1.29, 1.82) is 5.26 Å². The number of nitrogens with one attached hydrogen (secondary N) is 1. The smallest absolute Gasteiger partial charge is 0.251 e. The molecule has 1 aromatic heterocycles. The molecule has 0 aliphatic rings. The number of hydrogen-bond donors (Lipinski definition) is 1. The highest BCUT2D eigenvalue weighted by molar-refractivity contribution is 5.61. The maximum Gasteiger partial charge on any atom is 0.251 e. The first-order valence-electron chi connectivity index (χ1n) is 4.87. The van der Waals surface area contributed by atoms with Gasteiger partial charge in [-0.2, -0.15) is 5.26 Å². The van der Waals surface area contributed by atoms with Gasteiger partial charge in [0.15, 0.2) is 0 Å². The fourth-order valence-electron chi connectivity index (χ4n) is 1.53. The van der Waals surface area contributed by atoms with Crippen LogP contribution in [-0.4, -0.2) is 9.97 Å². The van der Waals surface area contributed by atoms with Crippen LogP contribution in [0.5, 0.6) is 0 Å². The summed E-state index contributed by atoms with van der Waals surface area (Å²) in [5.74, 6) is -0.0888. The van der Waals surface area contributed by atoms with Gasteiger partial charge in [0.05, 0.1) is 17.3 Å². The Balaban J connectivity index is 2.64. The molecule has 5 heteroatoms. The van der Waals surface area contributed by atoms with E-state index in [2.05, 4.69) is 9.97 Å². The third kappa shape index (κ3) is 2.37. The summed E-state index contributed by atoms with van der Waals surface area (Å²) < 4.78 is 13.2. The van der Waals surface area contributed by atoms with Crippen molar-refractivity contribution in [2.45, 2.75) is 6.92 Å². The van der Waals surface area contributed by atoms with Gasteiger partial charge in [0, 0.05) is 11.6 Å². The highest BCUT2D eigenvalue weighted by atomic mass is 19.1. The van der Waals surface area contributed by atoms with Gasteiger partial charge in [-0.15, -0.1) is 0 Å². The van der Waals surface area contributed by atoms with Crippen molar-refractivity contribution in [2.75, 3.05) is 0 Å². The molecule has 0 radical (unpaired) electrons. The SMILES string of the molecule is Cc1nc(-c2cc(F)cc(C#N)c2)cc(=O)[nH]1. The normalized spacial score (nSPS) is 9.94. The molecule has 0 fully saturated rings. The van der Waals surface area contributed by atoms with E-state index in [0.29, 0.717) is 17.1 Å². The number of hydrogen-bond acceptors (Lipinski definition) is 3. The van der Waals surface area contributed by atoms with Crippen LogP contribution in [-0.2, 0) is 0 Å². The summed E-state index contributed by atoms with van der Waals surface area (Å²) in [6, 6.07) is 6.98. The van der Waals surface area contributed by atoms with Crippen molar-refractivity contribution in [1.82, 2.24) is 9.97 Å². The van der Waals surface area contributed by atoms with Crippen LogP contribution in [0.2, 0.25) is 0 Å². The number of rotatable bonds is 1. The first-order chi connectivity index (χ1) is 8.08. The largest absolute Gasteiger partial charge is 0.311 e. The summed E-state index contributed by atoms with van der Waals surface area (Å²) >= 11 is 0. The fraction of sp³-hybridized carbons (Fsp3) is 0.0833. The second-order valence-corrected chi connectivity index (χ2v) is 3.56. The van der Waals surface area contributed by atoms with Crippen molar-refractivity contribution < 1.29 is 4.39 Å². The van der Waals surface area contributed by atoms with Crippen LogP contribution in [0.4, 0.5) is 4.39 Å². The molecule has 0 bridgehead atoms. The van der Waals surface area contributed by atoms with Crippen molar-refractivity contribution in [2.24, 2.45) is 0 Å². The van der Waals surface area contributed by atoms with Crippen molar-refractivity contribution >= 4 is 0 Å². The molecule has 4 nitrogen and oxygen atoms in total. The Morgan fingerprint density at radius 3 is 2.76 bits per heavy atom. The van der Waals surface area contributed by atoms with Crippen molar-refractivity contribution in [3.8, 4) is 17.3 Å². The molecule has 0 saturated heterocycles. The maximum atomic E-state index is 13.2. The Kier molecular flexibility index (Phi) is 2.71. The number of benzene rings is 1. The Labute approximate surface area is 96.4 Å². The molecule has 1 aromatic carbocycles. The molecular formula is C12H8FN3O.